The van der Waals surface area contributed by atoms with E-state index in [0.717, 1.165) is 0 Å². The summed E-state index contributed by atoms with van der Waals surface area (Å²) in [5, 5.41) is 3.46. The molecule has 1 nitrogen and oxygen atoms in total. The van der Waals surface area contributed by atoms with Crippen LogP contribution in [0.2, 0.25) is 0 Å². The minimum absolute atomic E-state index is 0. The van der Waals surface area contributed by atoms with Gasteiger partial charge in [-0.2, -0.15) is 0 Å². The van der Waals surface area contributed by atoms with E-state index >= 15 is 0 Å². The predicted molar refractivity (Wildman–Crippen MR) is 56.6 cm³/mol. The zero-order valence-electron chi connectivity index (χ0n) is 7.55. The van der Waals surface area contributed by atoms with Gasteiger partial charge in [0.15, 0.2) is 0 Å². The van der Waals surface area contributed by atoms with Gasteiger partial charge in [-0.15, -0.1) is 12.4 Å². The van der Waals surface area contributed by atoms with Gasteiger partial charge >= 0.3 is 0 Å². The molecule has 1 heterocycles. The third kappa shape index (κ3) is 1.11. The van der Waals surface area contributed by atoms with Gasteiger partial charge in [-0.1, -0.05) is 24.3 Å². The summed E-state index contributed by atoms with van der Waals surface area (Å²) in [6, 6.07) is 8.87. The molecule has 3 rings (SSSR count). The Bertz CT molecular complexity index is 316. The van der Waals surface area contributed by atoms with Crippen molar-refractivity contribution in [3.05, 3.63) is 35.4 Å². The normalized spacial score (nSPS) is 29.2. The number of fused-ring (bicyclic) bond motifs is 2. The van der Waals surface area contributed by atoms with Gasteiger partial charge in [0.1, 0.15) is 0 Å². The first-order valence-corrected chi connectivity index (χ1v) is 4.70. The number of hydrogen-bond donors (Lipinski definition) is 1. The zero-order chi connectivity index (χ0) is 8.02. The highest BCUT2D eigenvalue weighted by atomic mass is 35.5. The topological polar surface area (TPSA) is 12.0 Å². The monoisotopic (exact) mass is 195 g/mol. The van der Waals surface area contributed by atoms with E-state index in [0.29, 0.717) is 5.41 Å². The van der Waals surface area contributed by atoms with Gasteiger partial charge in [-0.3, -0.25) is 0 Å². The Morgan fingerprint density at radius 3 is 2.77 bits per heavy atom. The first-order chi connectivity index (χ1) is 5.91. The second kappa shape index (κ2) is 3.00. The number of hydrogen-bond acceptors (Lipinski definition) is 1. The third-order valence-electron chi connectivity index (χ3n) is 3.36. The molecule has 1 saturated heterocycles. The Morgan fingerprint density at radius 2 is 2.08 bits per heavy atom. The molecule has 13 heavy (non-hydrogen) atoms. The van der Waals surface area contributed by atoms with Gasteiger partial charge in [0.05, 0.1) is 0 Å². The van der Waals surface area contributed by atoms with Crippen LogP contribution in [0.4, 0.5) is 0 Å². The molecule has 1 aromatic rings. The van der Waals surface area contributed by atoms with Gasteiger partial charge < -0.3 is 5.32 Å². The average molecular weight is 196 g/mol. The Kier molecular flexibility index (Phi) is 2.09. The Morgan fingerprint density at radius 1 is 1.23 bits per heavy atom. The van der Waals surface area contributed by atoms with Crippen LogP contribution in [0, 0.1) is 0 Å². The lowest BCUT2D eigenvalue weighted by molar-refractivity contribution is 0.408. The molecule has 2 heteroatoms. The van der Waals surface area contributed by atoms with E-state index < -0.39 is 0 Å². The number of rotatable bonds is 0. The van der Waals surface area contributed by atoms with E-state index in [1.165, 1.54) is 25.9 Å². The van der Waals surface area contributed by atoms with Crippen molar-refractivity contribution in [1.82, 2.24) is 5.32 Å². The lowest BCUT2D eigenvalue weighted by atomic mass is 9.63. The summed E-state index contributed by atoms with van der Waals surface area (Å²) in [5.74, 6) is 0. The summed E-state index contributed by atoms with van der Waals surface area (Å²) in [6.07, 6.45) is 2.64. The van der Waals surface area contributed by atoms with Crippen molar-refractivity contribution in [2.75, 3.05) is 13.1 Å². The van der Waals surface area contributed by atoms with Crippen LogP contribution < -0.4 is 5.32 Å². The number of nitrogens with one attached hydrogen (secondary N) is 1. The maximum atomic E-state index is 3.46. The van der Waals surface area contributed by atoms with Crippen molar-refractivity contribution in [3.8, 4) is 0 Å². The minimum atomic E-state index is 0. The van der Waals surface area contributed by atoms with Crippen molar-refractivity contribution < 1.29 is 0 Å². The quantitative estimate of drug-likeness (QED) is 0.667. The van der Waals surface area contributed by atoms with Crippen LogP contribution in [0.5, 0.6) is 0 Å². The van der Waals surface area contributed by atoms with Gasteiger partial charge in [0.2, 0.25) is 0 Å². The molecule has 0 aromatic heterocycles. The van der Waals surface area contributed by atoms with Crippen molar-refractivity contribution in [1.29, 1.82) is 0 Å². The summed E-state index contributed by atoms with van der Waals surface area (Å²) >= 11 is 0. The molecule has 2 aliphatic rings. The highest BCUT2D eigenvalue weighted by Crippen LogP contribution is 2.44. The van der Waals surface area contributed by atoms with Crippen molar-refractivity contribution in [2.45, 2.75) is 18.3 Å². The molecule has 0 saturated carbocycles. The molecule has 1 unspecified atom stereocenters. The van der Waals surface area contributed by atoms with Crippen LogP contribution in [0.1, 0.15) is 17.5 Å². The lowest BCUT2D eigenvalue weighted by Gasteiger charge is -2.40. The Balaban J connectivity index is 0.000000653. The van der Waals surface area contributed by atoms with Gasteiger partial charge in [-0.05, 0) is 30.5 Å². The van der Waals surface area contributed by atoms with Crippen LogP contribution in [0.3, 0.4) is 0 Å². The lowest BCUT2D eigenvalue weighted by Crippen LogP contribution is -2.40. The summed E-state index contributed by atoms with van der Waals surface area (Å²) in [4.78, 5) is 0. The van der Waals surface area contributed by atoms with Crippen LogP contribution in [0.15, 0.2) is 24.3 Å². The smallest absolute Gasteiger partial charge is 0.0133 e. The van der Waals surface area contributed by atoms with Gasteiger partial charge in [0, 0.05) is 12.0 Å². The Labute approximate surface area is 84.9 Å². The molecule has 1 aromatic carbocycles. The average Bonchev–Trinajstić information content (AvgIpc) is 2.54. The largest absolute Gasteiger partial charge is 0.316 e. The zero-order valence-corrected chi connectivity index (χ0v) is 8.36. The molecular weight excluding hydrogens is 182 g/mol. The first-order valence-electron chi connectivity index (χ1n) is 4.70. The number of halogens is 1. The fourth-order valence-corrected chi connectivity index (χ4v) is 2.67. The van der Waals surface area contributed by atoms with Gasteiger partial charge in [-0.25, -0.2) is 0 Å². The SMILES string of the molecule is Cl.c1ccc2c(c1)CC21CCNC1. The summed E-state index contributed by atoms with van der Waals surface area (Å²) in [7, 11) is 0. The van der Waals surface area contributed by atoms with E-state index in [2.05, 4.69) is 29.6 Å². The highest BCUT2D eigenvalue weighted by molar-refractivity contribution is 5.85. The summed E-state index contributed by atoms with van der Waals surface area (Å²) < 4.78 is 0. The van der Waals surface area contributed by atoms with Crippen LogP contribution >= 0.6 is 12.4 Å². The molecule has 1 N–H and O–H groups in total. The Hall–Kier alpha value is -0.530. The first kappa shape index (κ1) is 9.04. The predicted octanol–water partition coefficient (Wildman–Crippen LogP) is 1.90. The van der Waals surface area contributed by atoms with E-state index in [1.807, 2.05) is 0 Å². The number of benzene rings is 1. The highest BCUT2D eigenvalue weighted by Gasteiger charge is 2.43. The molecule has 1 aliphatic heterocycles. The van der Waals surface area contributed by atoms with E-state index in [1.54, 1.807) is 11.1 Å². The minimum Gasteiger partial charge on any atom is -0.316 e. The molecule has 1 fully saturated rings. The van der Waals surface area contributed by atoms with Crippen LogP contribution in [-0.2, 0) is 11.8 Å². The molecule has 0 bridgehead atoms. The van der Waals surface area contributed by atoms with Crippen molar-refractivity contribution >= 4 is 12.4 Å². The molecule has 1 spiro atoms. The molecule has 0 radical (unpaired) electrons. The molecular formula is C11H14ClN. The van der Waals surface area contributed by atoms with E-state index in [-0.39, 0.29) is 12.4 Å². The van der Waals surface area contributed by atoms with E-state index in [4.69, 9.17) is 0 Å². The molecule has 70 valence electrons. The fourth-order valence-electron chi connectivity index (χ4n) is 2.67. The third-order valence-corrected chi connectivity index (χ3v) is 3.36. The second-order valence-electron chi connectivity index (χ2n) is 4.04. The maximum Gasteiger partial charge on any atom is 0.0133 e. The van der Waals surface area contributed by atoms with Crippen LogP contribution in [-0.4, -0.2) is 13.1 Å². The van der Waals surface area contributed by atoms with Gasteiger partial charge in [0.25, 0.3) is 0 Å². The van der Waals surface area contributed by atoms with Crippen molar-refractivity contribution in [2.24, 2.45) is 0 Å². The fraction of sp³-hybridized carbons (Fsp3) is 0.455. The van der Waals surface area contributed by atoms with Crippen LogP contribution in [0.25, 0.3) is 0 Å². The molecule has 1 aliphatic carbocycles. The van der Waals surface area contributed by atoms with Crippen molar-refractivity contribution in [3.63, 3.8) is 0 Å². The molecule has 0 amide bonds. The summed E-state index contributed by atoms with van der Waals surface area (Å²) in [6.45, 7) is 2.40. The second-order valence-corrected chi connectivity index (χ2v) is 4.04. The maximum absolute atomic E-state index is 3.46. The van der Waals surface area contributed by atoms with E-state index in [9.17, 15) is 0 Å². The standard InChI is InChI=1S/C11H13N.ClH/c1-2-4-10-9(3-1)7-11(10)5-6-12-8-11;/h1-4,12H,5-8H2;1H. The molecule has 1 atom stereocenters. The summed E-state index contributed by atoms with van der Waals surface area (Å²) in [5.41, 5.74) is 3.72.